The Morgan fingerprint density at radius 3 is 2.42 bits per heavy atom. The lowest BCUT2D eigenvalue weighted by molar-refractivity contribution is 0.101. The Morgan fingerprint density at radius 2 is 1.74 bits per heavy atom. The standard InChI is InChI=1S/C23H18Cl2N4O2/c1-2-31-20-12-10-19(11-13-20)29-22(15-6-8-16(24)9-7-15)27-21(28-29)23(30)26-18-5-3-4-17(25)14-18/h3-14H,2H2,1H3,(H,26,30). The molecule has 1 aromatic heterocycles. The molecule has 0 unspecified atom stereocenters. The molecule has 0 bridgehead atoms. The number of hydrogen-bond donors (Lipinski definition) is 1. The van der Waals surface area contributed by atoms with Crippen molar-refractivity contribution in [1.29, 1.82) is 0 Å². The number of carbonyl (C=O) groups is 1. The molecule has 156 valence electrons. The van der Waals surface area contributed by atoms with Gasteiger partial charge in [0.15, 0.2) is 5.82 Å². The van der Waals surface area contributed by atoms with Gasteiger partial charge in [0.1, 0.15) is 5.75 Å². The van der Waals surface area contributed by atoms with E-state index < -0.39 is 5.91 Å². The molecule has 1 amide bonds. The van der Waals surface area contributed by atoms with Crippen molar-refractivity contribution < 1.29 is 9.53 Å². The van der Waals surface area contributed by atoms with Crippen LogP contribution in [0.3, 0.4) is 0 Å². The van der Waals surface area contributed by atoms with Gasteiger partial charge in [0.05, 0.1) is 12.3 Å². The molecule has 0 saturated heterocycles. The van der Waals surface area contributed by atoms with E-state index in [1.54, 1.807) is 41.1 Å². The summed E-state index contributed by atoms with van der Waals surface area (Å²) in [5.74, 6) is 0.844. The Bertz CT molecular complexity index is 1210. The average molecular weight is 453 g/mol. The summed E-state index contributed by atoms with van der Waals surface area (Å²) in [4.78, 5) is 17.3. The molecule has 3 aromatic carbocycles. The van der Waals surface area contributed by atoms with E-state index in [1.165, 1.54) is 0 Å². The van der Waals surface area contributed by atoms with Gasteiger partial charge in [0, 0.05) is 21.3 Å². The van der Waals surface area contributed by atoms with E-state index >= 15 is 0 Å². The van der Waals surface area contributed by atoms with Crippen molar-refractivity contribution in [3.63, 3.8) is 0 Å². The van der Waals surface area contributed by atoms with Crippen LogP contribution in [-0.4, -0.2) is 27.3 Å². The molecular formula is C23H18Cl2N4O2. The normalized spacial score (nSPS) is 10.7. The maximum absolute atomic E-state index is 12.8. The summed E-state index contributed by atoms with van der Waals surface area (Å²) in [5, 5.41) is 8.36. The van der Waals surface area contributed by atoms with Gasteiger partial charge in [0.2, 0.25) is 5.82 Å². The van der Waals surface area contributed by atoms with Crippen molar-refractivity contribution in [1.82, 2.24) is 14.8 Å². The van der Waals surface area contributed by atoms with Gasteiger partial charge < -0.3 is 10.1 Å². The van der Waals surface area contributed by atoms with Crippen LogP contribution in [0.5, 0.6) is 5.75 Å². The summed E-state index contributed by atoms with van der Waals surface area (Å²) < 4.78 is 7.13. The van der Waals surface area contributed by atoms with Crippen LogP contribution in [0.25, 0.3) is 17.1 Å². The van der Waals surface area contributed by atoms with Crippen LogP contribution in [0.1, 0.15) is 17.5 Å². The Kier molecular flexibility index (Phi) is 6.21. The smallest absolute Gasteiger partial charge is 0.295 e. The molecule has 0 fully saturated rings. The number of hydrogen-bond acceptors (Lipinski definition) is 4. The molecular weight excluding hydrogens is 435 g/mol. The molecule has 0 aliphatic heterocycles. The highest BCUT2D eigenvalue weighted by Gasteiger charge is 2.19. The van der Waals surface area contributed by atoms with Crippen LogP contribution in [0.2, 0.25) is 10.0 Å². The van der Waals surface area contributed by atoms with Crippen molar-refractivity contribution >= 4 is 34.8 Å². The number of rotatable bonds is 6. The number of amides is 1. The molecule has 0 saturated carbocycles. The quantitative estimate of drug-likeness (QED) is 0.395. The Labute approximate surface area is 189 Å². The van der Waals surface area contributed by atoms with Crippen LogP contribution in [0.4, 0.5) is 5.69 Å². The van der Waals surface area contributed by atoms with Crippen LogP contribution >= 0.6 is 23.2 Å². The molecule has 8 heteroatoms. The summed E-state index contributed by atoms with van der Waals surface area (Å²) in [6.45, 7) is 2.50. The maximum Gasteiger partial charge on any atom is 0.295 e. The van der Waals surface area contributed by atoms with Gasteiger partial charge in [0.25, 0.3) is 5.91 Å². The maximum atomic E-state index is 12.8. The molecule has 0 spiro atoms. The number of halogens is 2. The fourth-order valence-corrected chi connectivity index (χ4v) is 3.29. The number of nitrogens with zero attached hydrogens (tertiary/aromatic N) is 3. The average Bonchev–Trinajstić information content (AvgIpc) is 3.21. The summed E-state index contributed by atoms with van der Waals surface area (Å²) in [5.41, 5.74) is 2.07. The Hall–Kier alpha value is -3.35. The first-order valence-electron chi connectivity index (χ1n) is 9.56. The van der Waals surface area contributed by atoms with Crippen molar-refractivity contribution in [2.75, 3.05) is 11.9 Å². The fourth-order valence-electron chi connectivity index (χ4n) is 2.98. The van der Waals surface area contributed by atoms with Crippen LogP contribution in [-0.2, 0) is 0 Å². The third-order valence-electron chi connectivity index (χ3n) is 4.39. The predicted octanol–water partition coefficient (Wildman–Crippen LogP) is 5.89. The lowest BCUT2D eigenvalue weighted by Crippen LogP contribution is -2.14. The molecule has 6 nitrogen and oxygen atoms in total. The first-order chi connectivity index (χ1) is 15.0. The Balaban J connectivity index is 1.72. The number of nitrogens with one attached hydrogen (secondary N) is 1. The second kappa shape index (κ2) is 9.20. The summed E-state index contributed by atoms with van der Waals surface area (Å²) in [7, 11) is 0. The van der Waals surface area contributed by atoms with E-state index in [9.17, 15) is 4.79 Å². The molecule has 0 radical (unpaired) electrons. The zero-order valence-electron chi connectivity index (χ0n) is 16.5. The fraction of sp³-hybridized carbons (Fsp3) is 0.0870. The van der Waals surface area contributed by atoms with Gasteiger partial charge in [-0.1, -0.05) is 29.3 Å². The molecule has 0 atom stereocenters. The SMILES string of the molecule is CCOc1ccc(-n2nc(C(=O)Nc3cccc(Cl)c3)nc2-c2ccc(Cl)cc2)cc1. The first-order valence-corrected chi connectivity index (χ1v) is 10.3. The molecule has 4 aromatic rings. The van der Waals surface area contributed by atoms with Gasteiger partial charge in [-0.3, -0.25) is 4.79 Å². The molecule has 0 aliphatic rings. The number of carbonyl (C=O) groups excluding carboxylic acids is 1. The van der Waals surface area contributed by atoms with Crippen LogP contribution in [0, 0.1) is 0 Å². The second-order valence-corrected chi connectivity index (χ2v) is 7.44. The lowest BCUT2D eigenvalue weighted by atomic mass is 10.2. The zero-order chi connectivity index (χ0) is 21.8. The minimum absolute atomic E-state index is 0.0267. The van der Waals surface area contributed by atoms with Crippen LogP contribution < -0.4 is 10.1 Å². The van der Waals surface area contributed by atoms with E-state index in [4.69, 9.17) is 27.9 Å². The van der Waals surface area contributed by atoms with Gasteiger partial charge in [-0.05, 0) is 73.7 Å². The van der Waals surface area contributed by atoms with Gasteiger partial charge >= 0.3 is 0 Å². The van der Waals surface area contributed by atoms with Crippen molar-refractivity contribution in [3.8, 4) is 22.8 Å². The van der Waals surface area contributed by atoms with E-state index in [-0.39, 0.29) is 5.82 Å². The van der Waals surface area contributed by atoms with Crippen molar-refractivity contribution in [2.45, 2.75) is 6.92 Å². The molecule has 1 N–H and O–H groups in total. The highest BCUT2D eigenvalue weighted by Crippen LogP contribution is 2.25. The monoisotopic (exact) mass is 452 g/mol. The molecule has 1 heterocycles. The number of benzene rings is 3. The molecule has 4 rings (SSSR count). The summed E-state index contributed by atoms with van der Waals surface area (Å²) >= 11 is 12.0. The zero-order valence-corrected chi connectivity index (χ0v) is 18.1. The third kappa shape index (κ3) is 4.87. The van der Waals surface area contributed by atoms with Crippen molar-refractivity contribution in [2.24, 2.45) is 0 Å². The first kappa shape index (κ1) is 20.9. The highest BCUT2D eigenvalue weighted by molar-refractivity contribution is 6.31. The molecule has 0 aliphatic carbocycles. The summed E-state index contributed by atoms with van der Waals surface area (Å²) in [6, 6.07) is 21.5. The third-order valence-corrected chi connectivity index (χ3v) is 4.87. The minimum atomic E-state index is -0.442. The Morgan fingerprint density at radius 1 is 1.00 bits per heavy atom. The number of aromatic nitrogens is 3. The number of ether oxygens (including phenoxy) is 1. The van der Waals surface area contributed by atoms with Gasteiger partial charge in [-0.25, -0.2) is 9.67 Å². The van der Waals surface area contributed by atoms with Gasteiger partial charge in [-0.15, -0.1) is 5.10 Å². The largest absolute Gasteiger partial charge is 0.494 e. The van der Waals surface area contributed by atoms with Gasteiger partial charge in [-0.2, -0.15) is 0 Å². The van der Waals surface area contributed by atoms with E-state index in [2.05, 4.69) is 15.4 Å². The molecule has 31 heavy (non-hydrogen) atoms. The van der Waals surface area contributed by atoms with E-state index in [0.717, 1.165) is 17.0 Å². The predicted molar refractivity (Wildman–Crippen MR) is 122 cm³/mol. The van der Waals surface area contributed by atoms with Crippen molar-refractivity contribution in [3.05, 3.63) is 88.7 Å². The van der Waals surface area contributed by atoms with E-state index in [0.29, 0.717) is 28.2 Å². The topological polar surface area (TPSA) is 69.0 Å². The second-order valence-electron chi connectivity index (χ2n) is 6.57. The number of anilines is 1. The van der Waals surface area contributed by atoms with E-state index in [1.807, 2.05) is 43.3 Å². The lowest BCUT2D eigenvalue weighted by Gasteiger charge is -2.08. The minimum Gasteiger partial charge on any atom is -0.494 e. The highest BCUT2D eigenvalue weighted by atomic mass is 35.5. The summed E-state index contributed by atoms with van der Waals surface area (Å²) in [6.07, 6.45) is 0. The van der Waals surface area contributed by atoms with Crippen LogP contribution in [0.15, 0.2) is 72.8 Å².